The van der Waals surface area contributed by atoms with Crippen LogP contribution in [0.4, 0.5) is 13.2 Å². The van der Waals surface area contributed by atoms with Crippen LogP contribution in [0.15, 0.2) is 0 Å². The van der Waals surface area contributed by atoms with Crippen LogP contribution in [-0.2, 0) is 0 Å². The Bertz CT molecular complexity index is 819. The van der Waals surface area contributed by atoms with Gasteiger partial charge >= 0.3 is 6.18 Å². The zero-order valence-electron chi connectivity index (χ0n) is 23.9. The van der Waals surface area contributed by atoms with Crippen molar-refractivity contribution in [3.05, 3.63) is 0 Å². The number of halogens is 3. The predicted molar refractivity (Wildman–Crippen MR) is 142 cm³/mol. The Labute approximate surface area is 223 Å². The van der Waals surface area contributed by atoms with Crippen LogP contribution in [0.2, 0.25) is 0 Å². The van der Waals surface area contributed by atoms with Gasteiger partial charge in [-0.3, -0.25) is 0 Å². The van der Waals surface area contributed by atoms with Gasteiger partial charge in [0.15, 0.2) is 5.60 Å². The quantitative estimate of drug-likeness (QED) is 0.376. The molecule has 5 aliphatic rings. The van der Waals surface area contributed by atoms with E-state index in [2.05, 4.69) is 27.7 Å². The summed E-state index contributed by atoms with van der Waals surface area (Å²) in [5.74, 6) is 3.91. The predicted octanol–water partition coefficient (Wildman–Crippen LogP) is 8.69. The Kier molecular flexibility index (Phi) is 7.38. The third-order valence-electron chi connectivity index (χ3n) is 13.7. The van der Waals surface area contributed by atoms with Gasteiger partial charge in [-0.15, -0.1) is 0 Å². The highest BCUT2D eigenvalue weighted by Crippen LogP contribution is 2.69. The monoisotopic (exact) mass is 526 g/mol. The van der Waals surface area contributed by atoms with Crippen LogP contribution in [0.1, 0.15) is 130 Å². The Hall–Kier alpha value is -0.290. The molecular weight excluding hydrogens is 473 g/mol. The van der Waals surface area contributed by atoms with Crippen molar-refractivity contribution in [2.24, 2.45) is 52.3 Å². The number of rotatable bonds is 5. The molecule has 0 unspecified atom stereocenters. The van der Waals surface area contributed by atoms with Crippen LogP contribution in [0.25, 0.3) is 0 Å². The second-order valence-corrected chi connectivity index (χ2v) is 15.2. The summed E-state index contributed by atoms with van der Waals surface area (Å²) < 4.78 is 41.0. The van der Waals surface area contributed by atoms with E-state index in [4.69, 9.17) is 0 Å². The molecule has 9 atom stereocenters. The summed E-state index contributed by atoms with van der Waals surface area (Å²) in [6, 6.07) is 0. The first-order valence-corrected chi connectivity index (χ1v) is 15.8. The third kappa shape index (κ3) is 4.72. The van der Waals surface area contributed by atoms with Gasteiger partial charge in [0.2, 0.25) is 0 Å². The molecule has 37 heavy (non-hydrogen) atoms. The highest BCUT2D eigenvalue weighted by molar-refractivity contribution is 5.11. The second-order valence-electron chi connectivity index (χ2n) is 15.2. The molecule has 0 heterocycles. The third-order valence-corrected chi connectivity index (χ3v) is 13.7. The Morgan fingerprint density at radius 3 is 2.14 bits per heavy atom. The van der Waals surface area contributed by atoms with E-state index >= 15 is 0 Å². The molecule has 0 amide bonds. The number of alkyl halides is 3. The molecule has 0 saturated heterocycles. The molecule has 0 aromatic heterocycles. The minimum absolute atomic E-state index is 0.0156. The lowest BCUT2D eigenvalue weighted by Gasteiger charge is -2.62. The molecular formula is C32H53F3O2. The molecule has 0 radical (unpaired) electrons. The van der Waals surface area contributed by atoms with E-state index in [1.165, 1.54) is 38.5 Å². The molecule has 0 aromatic rings. The van der Waals surface area contributed by atoms with E-state index in [1.807, 2.05) is 0 Å². The van der Waals surface area contributed by atoms with Gasteiger partial charge < -0.3 is 10.2 Å². The zero-order valence-corrected chi connectivity index (χ0v) is 23.9. The van der Waals surface area contributed by atoms with Crippen LogP contribution < -0.4 is 0 Å². The van der Waals surface area contributed by atoms with E-state index in [0.717, 1.165) is 50.9 Å². The van der Waals surface area contributed by atoms with Crippen LogP contribution in [0, 0.1) is 52.3 Å². The molecule has 5 saturated carbocycles. The average molecular weight is 527 g/mol. The van der Waals surface area contributed by atoms with E-state index in [9.17, 15) is 23.4 Å². The number of aliphatic hydroxyl groups is 2. The molecule has 0 spiro atoms. The molecule has 5 heteroatoms. The fourth-order valence-corrected chi connectivity index (χ4v) is 11.0. The summed E-state index contributed by atoms with van der Waals surface area (Å²) in [4.78, 5) is 0. The minimum Gasteiger partial charge on any atom is -0.390 e. The first kappa shape index (κ1) is 28.2. The molecule has 5 fully saturated rings. The Morgan fingerprint density at radius 2 is 1.49 bits per heavy atom. The molecule has 0 aliphatic heterocycles. The van der Waals surface area contributed by atoms with Gasteiger partial charge in [-0.2, -0.15) is 13.2 Å². The molecule has 0 aromatic carbocycles. The van der Waals surface area contributed by atoms with Gasteiger partial charge in [0.25, 0.3) is 0 Å². The van der Waals surface area contributed by atoms with E-state index < -0.39 is 17.4 Å². The largest absolute Gasteiger partial charge is 0.417 e. The van der Waals surface area contributed by atoms with Crippen LogP contribution >= 0.6 is 0 Å². The van der Waals surface area contributed by atoms with Gasteiger partial charge in [-0.1, -0.05) is 34.1 Å². The first-order valence-electron chi connectivity index (χ1n) is 15.8. The topological polar surface area (TPSA) is 40.5 Å². The molecule has 2 N–H and O–H groups in total. The second kappa shape index (κ2) is 9.67. The molecule has 5 rings (SSSR count). The molecule has 2 nitrogen and oxygen atoms in total. The summed E-state index contributed by atoms with van der Waals surface area (Å²) in [6.45, 7) is 9.52. The molecule has 0 bridgehead atoms. The van der Waals surface area contributed by atoms with Crippen molar-refractivity contribution in [1.82, 2.24) is 0 Å². The van der Waals surface area contributed by atoms with Gasteiger partial charge in [0, 0.05) is 0 Å². The van der Waals surface area contributed by atoms with Crippen molar-refractivity contribution in [3.63, 3.8) is 0 Å². The number of hydrogen-bond donors (Lipinski definition) is 2. The van der Waals surface area contributed by atoms with Crippen molar-refractivity contribution < 1.29 is 23.4 Å². The summed E-state index contributed by atoms with van der Waals surface area (Å²) in [5.41, 5.74) is -2.68. The van der Waals surface area contributed by atoms with Crippen LogP contribution in [-0.4, -0.2) is 27.6 Å². The zero-order chi connectivity index (χ0) is 26.9. The fraction of sp³-hybridized carbons (Fsp3) is 1.00. The lowest BCUT2D eigenvalue weighted by atomic mass is 9.43. The fourth-order valence-electron chi connectivity index (χ4n) is 11.0. The standard InChI is InChI=1S/C32H53F3O2/c1-5-22-11-16-30(36,17-12-22)15-10-21(2)25-8-9-26-24-7-6-23-20-31(37,32(33,34)35)19-18-28(23,3)27(24)13-14-29(25,26)4/h21-27,36-37H,5-20H2,1-4H3/t21-,22-,23+,24+,25-,26+,27+,28+,29-,30-,31+/m1/s1. The SMILES string of the molecule is CC[C@H]1CC[C@@](O)(CC[C@@H](C)[C@H]2CC[C@H]3[C@@H]4CC[C@H]5C[C@](O)(C(F)(F)F)CC[C@]5(C)[C@H]4CC[C@]23C)CC1. The lowest BCUT2D eigenvalue weighted by Crippen LogP contribution is -2.59. The van der Waals surface area contributed by atoms with Crippen LogP contribution in [0.5, 0.6) is 0 Å². The van der Waals surface area contributed by atoms with Crippen molar-refractivity contribution in [3.8, 4) is 0 Å². The molecule has 214 valence electrons. The number of hydrogen-bond acceptors (Lipinski definition) is 2. The highest BCUT2D eigenvalue weighted by Gasteiger charge is 2.65. The van der Waals surface area contributed by atoms with E-state index in [0.29, 0.717) is 41.4 Å². The van der Waals surface area contributed by atoms with Gasteiger partial charge in [0.05, 0.1) is 5.60 Å². The van der Waals surface area contributed by atoms with Gasteiger partial charge in [0.1, 0.15) is 0 Å². The normalized spacial score (nSPS) is 51.2. The van der Waals surface area contributed by atoms with Gasteiger partial charge in [-0.05, 0) is 149 Å². The maximum Gasteiger partial charge on any atom is 0.417 e. The summed E-state index contributed by atoms with van der Waals surface area (Å²) in [6.07, 6.45) is 10.1. The van der Waals surface area contributed by atoms with Crippen molar-refractivity contribution in [1.29, 1.82) is 0 Å². The Balaban J connectivity index is 1.24. The van der Waals surface area contributed by atoms with Crippen molar-refractivity contribution >= 4 is 0 Å². The van der Waals surface area contributed by atoms with Crippen molar-refractivity contribution in [2.75, 3.05) is 0 Å². The summed E-state index contributed by atoms with van der Waals surface area (Å²) in [7, 11) is 0. The summed E-state index contributed by atoms with van der Waals surface area (Å²) >= 11 is 0. The Morgan fingerprint density at radius 1 is 0.811 bits per heavy atom. The maximum atomic E-state index is 13.7. The smallest absolute Gasteiger partial charge is 0.390 e. The highest BCUT2D eigenvalue weighted by atomic mass is 19.4. The maximum absolute atomic E-state index is 13.7. The van der Waals surface area contributed by atoms with Crippen LogP contribution in [0.3, 0.4) is 0 Å². The van der Waals surface area contributed by atoms with Crippen molar-refractivity contribution in [2.45, 2.75) is 148 Å². The van der Waals surface area contributed by atoms with E-state index in [1.54, 1.807) is 0 Å². The minimum atomic E-state index is -4.52. The number of fused-ring (bicyclic) bond motifs is 5. The average Bonchev–Trinajstić information content (AvgIpc) is 3.20. The van der Waals surface area contributed by atoms with Gasteiger partial charge in [-0.25, -0.2) is 0 Å². The van der Waals surface area contributed by atoms with E-state index in [-0.39, 0.29) is 24.2 Å². The summed E-state index contributed by atoms with van der Waals surface area (Å²) in [5, 5.41) is 21.8. The first-order chi connectivity index (χ1) is 17.2. The lowest BCUT2D eigenvalue weighted by molar-refractivity contribution is -0.290. The molecule has 5 aliphatic carbocycles.